The van der Waals surface area contributed by atoms with Crippen LogP contribution in [0.1, 0.15) is 58.8 Å². The Hall–Kier alpha value is -0.0800. The molecule has 0 spiro atoms. The monoisotopic (exact) mass is 238 g/mol. The van der Waals surface area contributed by atoms with E-state index in [2.05, 4.69) is 24.1 Å². The van der Waals surface area contributed by atoms with E-state index in [0.717, 1.165) is 18.0 Å². The summed E-state index contributed by atoms with van der Waals surface area (Å²) in [4.78, 5) is 2.60. The molecule has 1 unspecified atom stereocenters. The molecule has 2 aliphatic rings. The second-order valence-electron chi connectivity index (χ2n) is 6.02. The van der Waals surface area contributed by atoms with Crippen LogP contribution in [-0.4, -0.2) is 36.6 Å². The molecule has 0 aromatic rings. The van der Waals surface area contributed by atoms with Crippen molar-refractivity contribution < 1.29 is 0 Å². The molecule has 1 aliphatic heterocycles. The van der Waals surface area contributed by atoms with Crippen LogP contribution in [-0.2, 0) is 0 Å². The number of hydrogen-bond acceptors (Lipinski definition) is 2. The van der Waals surface area contributed by atoms with E-state index in [1.54, 1.807) is 0 Å². The Balaban J connectivity index is 1.70. The summed E-state index contributed by atoms with van der Waals surface area (Å²) < 4.78 is 0. The SMILES string of the molecule is CCC1CCC(NC2CCCN(CC)C2)CC1. The molecule has 1 atom stereocenters. The van der Waals surface area contributed by atoms with Gasteiger partial charge in [-0.1, -0.05) is 20.3 Å². The van der Waals surface area contributed by atoms with E-state index in [1.165, 1.54) is 64.6 Å². The minimum atomic E-state index is 0.770. The van der Waals surface area contributed by atoms with Crippen molar-refractivity contribution in [2.75, 3.05) is 19.6 Å². The summed E-state index contributed by atoms with van der Waals surface area (Å²) >= 11 is 0. The van der Waals surface area contributed by atoms with Gasteiger partial charge in [-0.2, -0.15) is 0 Å². The zero-order valence-corrected chi connectivity index (χ0v) is 11.8. The quantitative estimate of drug-likeness (QED) is 0.810. The van der Waals surface area contributed by atoms with Gasteiger partial charge in [0.05, 0.1) is 0 Å². The van der Waals surface area contributed by atoms with Crippen LogP contribution < -0.4 is 5.32 Å². The van der Waals surface area contributed by atoms with Crippen LogP contribution in [0, 0.1) is 5.92 Å². The molecule has 0 amide bonds. The number of likely N-dealkylation sites (tertiary alicyclic amines) is 1. The molecule has 17 heavy (non-hydrogen) atoms. The molecule has 1 saturated heterocycles. The fourth-order valence-corrected chi connectivity index (χ4v) is 3.55. The first-order valence-corrected chi connectivity index (χ1v) is 7.80. The van der Waals surface area contributed by atoms with Gasteiger partial charge >= 0.3 is 0 Å². The summed E-state index contributed by atoms with van der Waals surface area (Å²) in [6, 6.07) is 1.59. The Morgan fingerprint density at radius 3 is 2.41 bits per heavy atom. The molecule has 2 rings (SSSR count). The molecular weight excluding hydrogens is 208 g/mol. The minimum absolute atomic E-state index is 0.770. The first-order chi connectivity index (χ1) is 8.31. The summed E-state index contributed by atoms with van der Waals surface area (Å²) in [6.07, 6.45) is 9.92. The van der Waals surface area contributed by atoms with Gasteiger partial charge in [0, 0.05) is 18.6 Å². The van der Waals surface area contributed by atoms with Gasteiger partial charge in [-0.15, -0.1) is 0 Å². The van der Waals surface area contributed by atoms with Crippen molar-refractivity contribution >= 4 is 0 Å². The summed E-state index contributed by atoms with van der Waals surface area (Å²) in [7, 11) is 0. The Morgan fingerprint density at radius 2 is 1.76 bits per heavy atom. The largest absolute Gasteiger partial charge is 0.310 e. The molecule has 0 bridgehead atoms. The van der Waals surface area contributed by atoms with Crippen molar-refractivity contribution in [1.82, 2.24) is 10.2 Å². The van der Waals surface area contributed by atoms with E-state index in [9.17, 15) is 0 Å². The fourth-order valence-electron chi connectivity index (χ4n) is 3.55. The number of piperidine rings is 1. The Labute approximate surface area is 107 Å². The fraction of sp³-hybridized carbons (Fsp3) is 1.00. The van der Waals surface area contributed by atoms with E-state index >= 15 is 0 Å². The highest BCUT2D eigenvalue weighted by atomic mass is 15.2. The molecule has 0 aromatic carbocycles. The van der Waals surface area contributed by atoms with E-state index in [-0.39, 0.29) is 0 Å². The maximum atomic E-state index is 3.93. The third-order valence-corrected chi connectivity index (χ3v) is 4.85. The lowest BCUT2D eigenvalue weighted by molar-refractivity contribution is 0.175. The first kappa shape index (κ1) is 13.4. The average Bonchev–Trinajstić information content (AvgIpc) is 2.40. The highest BCUT2D eigenvalue weighted by molar-refractivity contribution is 4.84. The van der Waals surface area contributed by atoms with Crippen LogP contribution in [0.5, 0.6) is 0 Å². The number of nitrogens with zero attached hydrogens (tertiary/aromatic N) is 1. The molecule has 2 nitrogen and oxygen atoms in total. The lowest BCUT2D eigenvalue weighted by atomic mass is 9.84. The van der Waals surface area contributed by atoms with Gasteiger partial charge in [0.2, 0.25) is 0 Å². The van der Waals surface area contributed by atoms with Gasteiger partial charge in [0.1, 0.15) is 0 Å². The van der Waals surface area contributed by atoms with E-state index < -0.39 is 0 Å². The van der Waals surface area contributed by atoms with Crippen molar-refractivity contribution in [3.63, 3.8) is 0 Å². The molecule has 1 heterocycles. The highest BCUT2D eigenvalue weighted by Gasteiger charge is 2.24. The zero-order valence-electron chi connectivity index (χ0n) is 11.8. The predicted molar refractivity (Wildman–Crippen MR) is 74.3 cm³/mol. The maximum absolute atomic E-state index is 3.93. The smallest absolute Gasteiger partial charge is 0.0198 e. The molecule has 1 aliphatic carbocycles. The van der Waals surface area contributed by atoms with Crippen LogP contribution in [0.3, 0.4) is 0 Å². The van der Waals surface area contributed by atoms with Crippen LogP contribution in [0.2, 0.25) is 0 Å². The van der Waals surface area contributed by atoms with Crippen molar-refractivity contribution in [3.05, 3.63) is 0 Å². The van der Waals surface area contributed by atoms with Gasteiger partial charge in [-0.25, -0.2) is 0 Å². The third-order valence-electron chi connectivity index (χ3n) is 4.85. The summed E-state index contributed by atoms with van der Waals surface area (Å²) in [6.45, 7) is 8.45. The number of nitrogens with one attached hydrogen (secondary N) is 1. The molecule has 1 saturated carbocycles. The zero-order chi connectivity index (χ0) is 12.1. The predicted octanol–water partition coefficient (Wildman–Crippen LogP) is 3.03. The minimum Gasteiger partial charge on any atom is -0.310 e. The topological polar surface area (TPSA) is 15.3 Å². The maximum Gasteiger partial charge on any atom is 0.0198 e. The van der Waals surface area contributed by atoms with Gasteiger partial charge in [-0.3, -0.25) is 0 Å². The molecule has 100 valence electrons. The van der Waals surface area contributed by atoms with Crippen LogP contribution >= 0.6 is 0 Å². The van der Waals surface area contributed by atoms with E-state index in [1.807, 2.05) is 0 Å². The standard InChI is InChI=1S/C15H30N2/c1-3-13-7-9-14(10-8-13)16-15-6-5-11-17(4-2)12-15/h13-16H,3-12H2,1-2H3. The summed E-state index contributed by atoms with van der Waals surface area (Å²) in [5.41, 5.74) is 0. The van der Waals surface area contributed by atoms with Crippen molar-refractivity contribution in [3.8, 4) is 0 Å². The Bertz CT molecular complexity index is 209. The molecule has 2 heteroatoms. The number of hydrogen-bond donors (Lipinski definition) is 1. The number of likely N-dealkylation sites (N-methyl/N-ethyl adjacent to an activating group) is 1. The second kappa shape index (κ2) is 6.75. The molecular formula is C15H30N2. The van der Waals surface area contributed by atoms with Crippen LogP contribution in [0.15, 0.2) is 0 Å². The first-order valence-electron chi connectivity index (χ1n) is 7.80. The Kier molecular flexibility index (Phi) is 5.30. The molecule has 0 aromatic heterocycles. The van der Waals surface area contributed by atoms with Crippen LogP contribution in [0.25, 0.3) is 0 Å². The molecule has 1 N–H and O–H groups in total. The van der Waals surface area contributed by atoms with Gasteiger partial charge in [0.25, 0.3) is 0 Å². The lowest BCUT2D eigenvalue weighted by Crippen LogP contribution is -2.49. The lowest BCUT2D eigenvalue weighted by Gasteiger charge is -2.37. The normalized spacial score (nSPS) is 36.0. The van der Waals surface area contributed by atoms with E-state index in [4.69, 9.17) is 0 Å². The second-order valence-corrected chi connectivity index (χ2v) is 6.02. The Morgan fingerprint density at radius 1 is 1.00 bits per heavy atom. The highest BCUT2D eigenvalue weighted by Crippen LogP contribution is 2.27. The molecule has 2 fully saturated rings. The van der Waals surface area contributed by atoms with Crippen molar-refractivity contribution in [1.29, 1.82) is 0 Å². The van der Waals surface area contributed by atoms with Gasteiger partial charge in [0.15, 0.2) is 0 Å². The van der Waals surface area contributed by atoms with E-state index in [0.29, 0.717) is 0 Å². The molecule has 0 radical (unpaired) electrons. The van der Waals surface area contributed by atoms with Gasteiger partial charge in [-0.05, 0) is 57.5 Å². The van der Waals surface area contributed by atoms with Crippen molar-refractivity contribution in [2.24, 2.45) is 5.92 Å². The number of rotatable bonds is 4. The van der Waals surface area contributed by atoms with Crippen LogP contribution in [0.4, 0.5) is 0 Å². The summed E-state index contributed by atoms with van der Waals surface area (Å²) in [5, 5.41) is 3.93. The average molecular weight is 238 g/mol. The third kappa shape index (κ3) is 3.96. The van der Waals surface area contributed by atoms with Crippen molar-refractivity contribution in [2.45, 2.75) is 70.9 Å². The summed E-state index contributed by atoms with van der Waals surface area (Å²) in [5.74, 6) is 1.02. The van der Waals surface area contributed by atoms with Gasteiger partial charge < -0.3 is 10.2 Å².